The zero-order valence-corrected chi connectivity index (χ0v) is 29.1. The van der Waals surface area contributed by atoms with E-state index in [1.165, 1.54) is 61.0 Å². The largest absolute Gasteiger partial charge is 0.347 e. The first-order valence-corrected chi connectivity index (χ1v) is 17.3. The topological polar surface area (TPSA) is 6.25 Å². The fourth-order valence-corrected chi connectivity index (χ4v) is 8.38. The van der Waals surface area contributed by atoms with Gasteiger partial charge in [-0.05, 0) is 77.6 Å². The summed E-state index contributed by atoms with van der Waals surface area (Å²) in [5.74, 6) is 0. The molecule has 242 valence electrons. The van der Waals surface area contributed by atoms with Gasteiger partial charge in [0.05, 0.1) is 5.41 Å². The van der Waals surface area contributed by atoms with Crippen molar-refractivity contribution in [3.05, 3.63) is 193 Å². The van der Waals surface area contributed by atoms with Crippen LogP contribution in [0.1, 0.15) is 37.0 Å². The molecule has 0 aliphatic carbocycles. The van der Waals surface area contributed by atoms with Crippen molar-refractivity contribution in [1.82, 2.24) is 0 Å². The van der Waals surface area contributed by atoms with Gasteiger partial charge in [-0.25, -0.2) is 0 Å². The second kappa shape index (κ2) is 13.2. The maximum atomic E-state index is 4.11. The number of benzene rings is 5. The van der Waals surface area contributed by atoms with Gasteiger partial charge < -0.3 is 4.90 Å². The van der Waals surface area contributed by atoms with Gasteiger partial charge in [0.2, 0.25) is 5.69 Å². The normalized spacial score (nSPS) is 21.5. The van der Waals surface area contributed by atoms with Crippen molar-refractivity contribution in [2.75, 3.05) is 19.0 Å². The third-order valence-corrected chi connectivity index (χ3v) is 10.6. The van der Waals surface area contributed by atoms with E-state index < -0.39 is 0 Å². The third kappa shape index (κ3) is 5.62. The lowest BCUT2D eigenvalue weighted by Crippen LogP contribution is -2.33. The van der Waals surface area contributed by atoms with Gasteiger partial charge in [-0.15, -0.1) is 6.58 Å². The Labute approximate surface area is 291 Å². The maximum absolute atomic E-state index is 4.11. The van der Waals surface area contributed by atoms with E-state index in [1.807, 2.05) is 6.08 Å². The molecule has 0 saturated carbocycles. The van der Waals surface area contributed by atoms with Crippen LogP contribution in [0, 0.1) is 0 Å². The van der Waals surface area contributed by atoms with E-state index in [-0.39, 0.29) is 10.8 Å². The molecule has 2 heteroatoms. The van der Waals surface area contributed by atoms with Gasteiger partial charge in [-0.3, -0.25) is 0 Å². The van der Waals surface area contributed by atoms with Crippen LogP contribution in [0.25, 0.3) is 21.5 Å². The highest BCUT2D eigenvalue weighted by molar-refractivity contribution is 6.08. The summed E-state index contributed by atoms with van der Waals surface area (Å²) in [4.78, 5) is 2.34. The Hall–Kier alpha value is -5.47. The highest BCUT2D eigenvalue weighted by Gasteiger charge is 2.47. The molecule has 2 aliphatic heterocycles. The van der Waals surface area contributed by atoms with Crippen molar-refractivity contribution in [1.29, 1.82) is 0 Å². The van der Waals surface area contributed by atoms with Gasteiger partial charge in [0.25, 0.3) is 0 Å². The number of anilines is 1. The summed E-state index contributed by atoms with van der Waals surface area (Å²) in [6, 6.07) is 37.4. The van der Waals surface area contributed by atoms with Gasteiger partial charge in [0.15, 0.2) is 5.71 Å². The molecule has 0 bridgehead atoms. The first-order valence-electron chi connectivity index (χ1n) is 17.3. The molecule has 0 radical (unpaired) electrons. The third-order valence-electron chi connectivity index (χ3n) is 10.6. The Bertz CT molecular complexity index is 2240. The zero-order chi connectivity index (χ0) is 34.0. The maximum Gasteiger partial charge on any atom is 0.210 e. The second-order valence-electron chi connectivity index (χ2n) is 13.8. The van der Waals surface area contributed by atoms with Gasteiger partial charge in [0.1, 0.15) is 7.05 Å². The lowest BCUT2D eigenvalue weighted by atomic mass is 9.73. The van der Waals surface area contributed by atoms with Crippen molar-refractivity contribution in [3.63, 3.8) is 0 Å². The van der Waals surface area contributed by atoms with Crippen molar-refractivity contribution >= 4 is 38.6 Å². The average molecular weight is 638 g/mol. The Balaban J connectivity index is 1.10. The minimum absolute atomic E-state index is 0.141. The molecule has 5 aromatic rings. The predicted octanol–water partition coefficient (Wildman–Crippen LogP) is 11.3. The molecule has 0 spiro atoms. The van der Waals surface area contributed by atoms with E-state index in [2.05, 4.69) is 202 Å². The van der Waals surface area contributed by atoms with Crippen LogP contribution in [0.2, 0.25) is 0 Å². The monoisotopic (exact) mass is 637 g/mol. The number of rotatable bonds is 9. The fourth-order valence-electron chi connectivity index (χ4n) is 8.38. The second-order valence-corrected chi connectivity index (χ2v) is 13.8. The summed E-state index contributed by atoms with van der Waals surface area (Å²) in [5.41, 5.74) is 8.98. The predicted molar refractivity (Wildman–Crippen MR) is 211 cm³/mol. The molecule has 2 nitrogen and oxygen atoms in total. The molecule has 0 saturated heterocycles. The summed E-state index contributed by atoms with van der Waals surface area (Å²) in [6.07, 6.45) is 23.3. The fraction of sp³-hybridized carbons (Fsp3) is 0.170. The quantitative estimate of drug-likeness (QED) is 0.0885. The molecule has 7 rings (SSSR count). The molecule has 2 atom stereocenters. The molecular weight excluding hydrogens is 593 g/mol. The van der Waals surface area contributed by atoms with Crippen LogP contribution < -0.4 is 4.90 Å². The van der Waals surface area contributed by atoms with Gasteiger partial charge in [0, 0.05) is 41.6 Å². The SMILES string of the molecule is C=CCC1(C)C(=CC=CC=CC=CC=CC2=[N+](C)c3ccc4ccccc4c3C2(C)Cc2ccccc2)N(C)c2ccc3ccccc3c21. The number of nitrogens with zero attached hydrogens (tertiary/aromatic N) is 2. The molecule has 49 heavy (non-hydrogen) atoms. The molecular formula is C47H45N2+. The van der Waals surface area contributed by atoms with Crippen molar-refractivity contribution in [3.8, 4) is 0 Å². The summed E-state index contributed by atoms with van der Waals surface area (Å²) in [7, 11) is 4.38. The summed E-state index contributed by atoms with van der Waals surface area (Å²) in [6.45, 7) is 8.86. The summed E-state index contributed by atoms with van der Waals surface area (Å²) < 4.78 is 2.38. The minimum Gasteiger partial charge on any atom is -0.347 e. The number of allylic oxidation sites excluding steroid dienone is 11. The highest BCUT2D eigenvalue weighted by atomic mass is 15.2. The molecule has 0 N–H and O–H groups in total. The Kier molecular flexibility index (Phi) is 8.65. The zero-order valence-electron chi connectivity index (χ0n) is 29.1. The summed E-state index contributed by atoms with van der Waals surface area (Å²) in [5, 5.41) is 5.22. The Morgan fingerprint density at radius 2 is 1.24 bits per heavy atom. The molecule has 0 fully saturated rings. The number of hydrogen-bond acceptors (Lipinski definition) is 1. The van der Waals surface area contributed by atoms with E-state index in [0.717, 1.165) is 12.8 Å². The molecule has 5 aromatic carbocycles. The van der Waals surface area contributed by atoms with Gasteiger partial charge >= 0.3 is 0 Å². The number of likely N-dealkylation sites (N-methyl/N-ethyl adjacent to an activating group) is 1. The van der Waals surface area contributed by atoms with Crippen LogP contribution in [0.5, 0.6) is 0 Å². The lowest BCUT2D eigenvalue weighted by Gasteiger charge is -2.28. The van der Waals surface area contributed by atoms with Crippen molar-refractivity contribution in [2.24, 2.45) is 0 Å². The van der Waals surface area contributed by atoms with Crippen LogP contribution in [-0.2, 0) is 17.3 Å². The van der Waals surface area contributed by atoms with E-state index in [4.69, 9.17) is 0 Å². The molecule has 0 amide bonds. The van der Waals surface area contributed by atoms with Crippen LogP contribution in [0.15, 0.2) is 176 Å². The van der Waals surface area contributed by atoms with E-state index in [9.17, 15) is 0 Å². The minimum atomic E-state index is -0.165. The van der Waals surface area contributed by atoms with E-state index in [1.54, 1.807) is 0 Å². The first kappa shape index (κ1) is 32.1. The number of fused-ring (bicyclic) bond motifs is 6. The summed E-state index contributed by atoms with van der Waals surface area (Å²) >= 11 is 0. The van der Waals surface area contributed by atoms with Gasteiger partial charge in [-0.1, -0.05) is 134 Å². The van der Waals surface area contributed by atoms with Crippen LogP contribution in [0.4, 0.5) is 11.4 Å². The Morgan fingerprint density at radius 3 is 1.94 bits per heavy atom. The van der Waals surface area contributed by atoms with Gasteiger partial charge in [-0.2, -0.15) is 4.58 Å². The van der Waals surface area contributed by atoms with Crippen LogP contribution in [-0.4, -0.2) is 24.4 Å². The molecule has 2 aliphatic rings. The van der Waals surface area contributed by atoms with E-state index in [0.29, 0.717) is 0 Å². The number of hydrogen-bond donors (Lipinski definition) is 0. The van der Waals surface area contributed by atoms with E-state index >= 15 is 0 Å². The molecule has 2 unspecified atom stereocenters. The first-order chi connectivity index (χ1) is 23.9. The lowest BCUT2D eigenvalue weighted by molar-refractivity contribution is -0.401. The smallest absolute Gasteiger partial charge is 0.210 e. The van der Waals surface area contributed by atoms with Crippen molar-refractivity contribution in [2.45, 2.75) is 37.5 Å². The van der Waals surface area contributed by atoms with Crippen LogP contribution in [0.3, 0.4) is 0 Å². The highest BCUT2D eigenvalue weighted by Crippen LogP contribution is 2.52. The van der Waals surface area contributed by atoms with Crippen molar-refractivity contribution < 1.29 is 4.58 Å². The average Bonchev–Trinajstić information content (AvgIpc) is 3.46. The standard InChI is InChI=1S/C47H45N2/c1-6-33-46(2)42(48(4)40-31-29-36-23-17-19-25-38(36)44(40)46)27-15-10-8-7-9-11-16-28-43-47(3,34-35-21-13-12-14-22-35)45-39-26-20-18-24-37(39)30-32-41(45)49(43)5/h6-32H,1,33-34H2,2-5H3/q+1. The molecule has 0 aromatic heterocycles. The Morgan fingerprint density at radius 1 is 0.653 bits per heavy atom. The molecule has 2 heterocycles. The van der Waals surface area contributed by atoms with Crippen LogP contribution >= 0.6 is 0 Å².